The first-order valence-corrected chi connectivity index (χ1v) is 7.64. The lowest BCUT2D eigenvalue weighted by molar-refractivity contribution is 0.155. The number of anilines is 1. The lowest BCUT2D eigenvalue weighted by Crippen LogP contribution is -2.49. The molecule has 0 aliphatic rings. The van der Waals surface area contributed by atoms with Gasteiger partial charge >= 0.3 is 0 Å². The SMILES string of the molecule is COc1ccccc1N(C)CCCC(C)(CO)NC(C)C. The van der Waals surface area contributed by atoms with Crippen LogP contribution in [0.3, 0.4) is 0 Å². The molecule has 1 aromatic rings. The van der Waals surface area contributed by atoms with Crippen LogP contribution in [0.25, 0.3) is 0 Å². The van der Waals surface area contributed by atoms with E-state index in [1.165, 1.54) is 0 Å². The number of aliphatic hydroxyl groups is 1. The Hall–Kier alpha value is -1.26. The van der Waals surface area contributed by atoms with Crippen molar-refractivity contribution in [2.75, 3.05) is 32.2 Å². The molecule has 0 aliphatic heterocycles. The first-order chi connectivity index (χ1) is 9.91. The molecule has 4 heteroatoms. The lowest BCUT2D eigenvalue weighted by atomic mass is 9.95. The van der Waals surface area contributed by atoms with Crippen molar-refractivity contribution < 1.29 is 9.84 Å². The molecule has 0 amide bonds. The number of aliphatic hydroxyl groups excluding tert-OH is 1. The number of methoxy groups -OCH3 is 1. The van der Waals surface area contributed by atoms with Crippen molar-refractivity contribution in [3.8, 4) is 5.75 Å². The fourth-order valence-corrected chi connectivity index (χ4v) is 2.67. The smallest absolute Gasteiger partial charge is 0.142 e. The van der Waals surface area contributed by atoms with Crippen LogP contribution in [0, 0.1) is 0 Å². The summed E-state index contributed by atoms with van der Waals surface area (Å²) in [5, 5.41) is 13.1. The molecule has 4 nitrogen and oxygen atoms in total. The molecular weight excluding hydrogens is 264 g/mol. The fraction of sp³-hybridized carbons (Fsp3) is 0.647. The van der Waals surface area contributed by atoms with E-state index in [0.717, 1.165) is 30.8 Å². The van der Waals surface area contributed by atoms with Crippen LogP contribution in [0.4, 0.5) is 5.69 Å². The minimum Gasteiger partial charge on any atom is -0.495 e. The molecule has 0 saturated heterocycles. The monoisotopic (exact) mass is 294 g/mol. The minimum absolute atomic E-state index is 0.156. The maximum Gasteiger partial charge on any atom is 0.142 e. The van der Waals surface area contributed by atoms with E-state index in [4.69, 9.17) is 4.74 Å². The topological polar surface area (TPSA) is 44.7 Å². The number of hydrogen-bond acceptors (Lipinski definition) is 4. The van der Waals surface area contributed by atoms with Crippen molar-refractivity contribution in [3.05, 3.63) is 24.3 Å². The van der Waals surface area contributed by atoms with Crippen LogP contribution in [-0.4, -0.2) is 44.0 Å². The van der Waals surface area contributed by atoms with E-state index in [1.54, 1.807) is 7.11 Å². The van der Waals surface area contributed by atoms with Gasteiger partial charge in [-0.15, -0.1) is 0 Å². The van der Waals surface area contributed by atoms with Gasteiger partial charge in [-0.1, -0.05) is 26.0 Å². The van der Waals surface area contributed by atoms with Crippen LogP contribution in [0.5, 0.6) is 5.75 Å². The zero-order valence-corrected chi connectivity index (χ0v) is 14.0. The summed E-state index contributed by atoms with van der Waals surface area (Å²) in [7, 11) is 3.77. The second kappa shape index (κ2) is 8.25. The van der Waals surface area contributed by atoms with Gasteiger partial charge in [-0.05, 0) is 31.9 Å². The van der Waals surface area contributed by atoms with E-state index in [2.05, 4.69) is 44.1 Å². The number of ether oxygens (including phenoxy) is 1. The second-order valence-electron chi connectivity index (χ2n) is 6.21. The van der Waals surface area contributed by atoms with Gasteiger partial charge in [0.2, 0.25) is 0 Å². The molecule has 1 atom stereocenters. The Kier molecular flexibility index (Phi) is 6.99. The van der Waals surface area contributed by atoms with Crippen LogP contribution < -0.4 is 15.0 Å². The Morgan fingerprint density at radius 1 is 1.33 bits per heavy atom. The zero-order valence-electron chi connectivity index (χ0n) is 14.0. The van der Waals surface area contributed by atoms with Gasteiger partial charge in [-0.25, -0.2) is 0 Å². The summed E-state index contributed by atoms with van der Waals surface area (Å²) >= 11 is 0. The summed E-state index contributed by atoms with van der Waals surface area (Å²) in [5.74, 6) is 0.894. The summed E-state index contributed by atoms with van der Waals surface area (Å²) in [6, 6.07) is 8.41. The van der Waals surface area contributed by atoms with Crippen LogP contribution in [0.15, 0.2) is 24.3 Å². The summed E-state index contributed by atoms with van der Waals surface area (Å²) in [6.07, 6.45) is 1.94. The van der Waals surface area contributed by atoms with Gasteiger partial charge in [0.25, 0.3) is 0 Å². The third kappa shape index (κ3) is 5.56. The highest BCUT2D eigenvalue weighted by molar-refractivity contribution is 5.57. The number of rotatable bonds is 9. The van der Waals surface area contributed by atoms with E-state index < -0.39 is 0 Å². The lowest BCUT2D eigenvalue weighted by Gasteiger charge is -2.32. The highest BCUT2D eigenvalue weighted by Gasteiger charge is 2.23. The molecule has 0 aromatic heterocycles. The third-order valence-electron chi connectivity index (χ3n) is 3.70. The Balaban J connectivity index is 2.54. The molecule has 0 radical (unpaired) electrons. The summed E-state index contributed by atoms with van der Waals surface area (Å²) < 4.78 is 5.39. The molecule has 1 unspecified atom stereocenters. The van der Waals surface area contributed by atoms with Crippen LogP contribution in [0.2, 0.25) is 0 Å². The molecule has 0 spiro atoms. The molecule has 1 rings (SSSR count). The highest BCUT2D eigenvalue weighted by Crippen LogP contribution is 2.27. The van der Waals surface area contributed by atoms with Gasteiger partial charge in [0.05, 0.1) is 19.4 Å². The highest BCUT2D eigenvalue weighted by atomic mass is 16.5. The molecule has 0 bridgehead atoms. The Labute approximate surface area is 129 Å². The number of hydrogen-bond donors (Lipinski definition) is 2. The molecule has 0 fully saturated rings. The Morgan fingerprint density at radius 2 is 2.00 bits per heavy atom. The van der Waals surface area contributed by atoms with Crippen LogP contribution in [-0.2, 0) is 0 Å². The van der Waals surface area contributed by atoms with Gasteiger partial charge in [-0.3, -0.25) is 0 Å². The second-order valence-corrected chi connectivity index (χ2v) is 6.21. The van der Waals surface area contributed by atoms with E-state index >= 15 is 0 Å². The van der Waals surface area contributed by atoms with Gasteiger partial charge in [0.1, 0.15) is 5.75 Å². The van der Waals surface area contributed by atoms with Crippen molar-refractivity contribution in [2.45, 2.75) is 45.2 Å². The normalized spacial score (nSPS) is 14.0. The summed E-state index contributed by atoms with van der Waals surface area (Å²) in [4.78, 5) is 2.20. The van der Waals surface area contributed by atoms with E-state index in [1.807, 2.05) is 18.2 Å². The van der Waals surface area contributed by atoms with Crippen molar-refractivity contribution in [3.63, 3.8) is 0 Å². The van der Waals surface area contributed by atoms with Crippen molar-refractivity contribution in [1.82, 2.24) is 5.32 Å². The molecule has 0 heterocycles. The zero-order chi connectivity index (χ0) is 15.9. The number of para-hydroxylation sites is 2. The van der Waals surface area contributed by atoms with E-state index in [0.29, 0.717) is 6.04 Å². The van der Waals surface area contributed by atoms with Crippen molar-refractivity contribution in [2.24, 2.45) is 0 Å². The van der Waals surface area contributed by atoms with Gasteiger partial charge in [0, 0.05) is 25.2 Å². The molecule has 0 aliphatic carbocycles. The number of nitrogens with zero attached hydrogens (tertiary/aromatic N) is 1. The predicted octanol–water partition coefficient (Wildman–Crippen LogP) is 2.66. The average molecular weight is 294 g/mol. The van der Waals surface area contributed by atoms with E-state index in [-0.39, 0.29) is 12.1 Å². The first-order valence-electron chi connectivity index (χ1n) is 7.64. The van der Waals surface area contributed by atoms with Gasteiger partial charge < -0.3 is 20.1 Å². The quantitative estimate of drug-likeness (QED) is 0.735. The average Bonchev–Trinajstić information content (AvgIpc) is 2.46. The maximum absolute atomic E-state index is 9.60. The third-order valence-corrected chi connectivity index (χ3v) is 3.70. The van der Waals surface area contributed by atoms with E-state index in [9.17, 15) is 5.11 Å². The van der Waals surface area contributed by atoms with Crippen molar-refractivity contribution in [1.29, 1.82) is 0 Å². The van der Waals surface area contributed by atoms with Crippen LogP contribution in [0.1, 0.15) is 33.6 Å². The standard InChI is InChI=1S/C17H30N2O2/c1-14(2)18-17(3,13-20)11-8-12-19(4)15-9-6-7-10-16(15)21-5/h6-7,9-10,14,18,20H,8,11-13H2,1-5H3. The largest absolute Gasteiger partial charge is 0.495 e. The molecule has 21 heavy (non-hydrogen) atoms. The van der Waals surface area contributed by atoms with Gasteiger partial charge in [-0.2, -0.15) is 0 Å². The fourth-order valence-electron chi connectivity index (χ4n) is 2.67. The number of nitrogens with one attached hydrogen (secondary N) is 1. The Morgan fingerprint density at radius 3 is 2.57 bits per heavy atom. The number of benzene rings is 1. The van der Waals surface area contributed by atoms with Crippen molar-refractivity contribution >= 4 is 5.69 Å². The molecule has 120 valence electrons. The van der Waals surface area contributed by atoms with Crippen LogP contribution >= 0.6 is 0 Å². The molecule has 0 saturated carbocycles. The summed E-state index contributed by atoms with van der Waals surface area (Å²) in [5.41, 5.74) is 0.887. The Bertz CT molecular complexity index is 423. The molecule has 1 aromatic carbocycles. The molecular formula is C17H30N2O2. The maximum atomic E-state index is 9.60. The summed E-state index contributed by atoms with van der Waals surface area (Å²) in [6.45, 7) is 7.37. The molecule has 2 N–H and O–H groups in total. The predicted molar refractivity (Wildman–Crippen MR) is 89.3 cm³/mol. The first kappa shape index (κ1) is 17.8. The van der Waals surface area contributed by atoms with Gasteiger partial charge in [0.15, 0.2) is 0 Å². The minimum atomic E-state index is -0.213.